The topological polar surface area (TPSA) is 97.0 Å². The predicted octanol–water partition coefficient (Wildman–Crippen LogP) is 6.12. The van der Waals surface area contributed by atoms with Gasteiger partial charge < -0.3 is 20.1 Å². The number of rotatable bonds is 5. The van der Waals surface area contributed by atoms with E-state index >= 15 is 4.39 Å². The largest absolute Gasteiger partial charge is 0.461 e. The van der Waals surface area contributed by atoms with E-state index in [1.807, 2.05) is 9.80 Å². The van der Waals surface area contributed by atoms with Crippen molar-refractivity contribution in [2.24, 2.45) is 0 Å². The van der Waals surface area contributed by atoms with Gasteiger partial charge in [0.15, 0.2) is 29.1 Å². The van der Waals surface area contributed by atoms with Crippen LogP contribution in [0.15, 0.2) is 12.1 Å². The summed E-state index contributed by atoms with van der Waals surface area (Å²) in [6.07, 6.45) is 1.78. The van der Waals surface area contributed by atoms with Crippen molar-refractivity contribution < 1.29 is 40.6 Å². The molecule has 2 N–H and O–H groups in total. The molecule has 48 heavy (non-hydrogen) atoms. The molecule has 0 radical (unpaired) electrons. The fourth-order valence-electron chi connectivity index (χ4n) is 7.87. The number of fused-ring (bicyclic) bond motifs is 4. The highest BCUT2D eigenvalue weighted by Crippen LogP contribution is 2.43. The van der Waals surface area contributed by atoms with Crippen LogP contribution in [0.2, 0.25) is 0 Å². The van der Waals surface area contributed by atoms with Crippen LogP contribution in [0.4, 0.5) is 42.6 Å². The quantitative estimate of drug-likeness (QED) is 0.149. The first-order valence-corrected chi connectivity index (χ1v) is 16.1. The van der Waals surface area contributed by atoms with Crippen molar-refractivity contribution in [2.45, 2.75) is 82.3 Å². The highest BCUT2D eigenvalue weighted by molar-refractivity contribution is 5.95. The van der Waals surface area contributed by atoms with E-state index < -0.39 is 69.3 Å². The Labute approximate surface area is 273 Å². The molecule has 7 rings (SSSR count). The van der Waals surface area contributed by atoms with E-state index in [-0.39, 0.29) is 54.4 Å². The molecule has 3 aromatic rings. The molecule has 4 atom stereocenters. The number of carbonyl (C=O) groups is 1. The van der Waals surface area contributed by atoms with E-state index in [2.05, 4.69) is 9.97 Å². The number of carbonyl (C=O) groups excluding carboxylic acids is 1. The summed E-state index contributed by atoms with van der Waals surface area (Å²) in [4.78, 5) is 27.7. The summed E-state index contributed by atoms with van der Waals surface area (Å²) >= 11 is 0. The molecule has 0 aliphatic carbocycles. The third-order valence-electron chi connectivity index (χ3n) is 9.96. The molecule has 2 aromatic carbocycles. The number of nitrogen functional groups attached to an aromatic ring is 1. The fraction of sp³-hybridized carbons (Fsp3) is 0.545. The van der Waals surface area contributed by atoms with Crippen molar-refractivity contribution in [1.29, 1.82) is 0 Å². The lowest BCUT2D eigenvalue weighted by molar-refractivity contribution is 0.0122. The summed E-state index contributed by atoms with van der Waals surface area (Å²) < 4.78 is 100. The van der Waals surface area contributed by atoms with E-state index in [0.717, 1.165) is 12.5 Å². The van der Waals surface area contributed by atoms with Crippen LogP contribution in [0.3, 0.4) is 0 Å². The number of ether oxygens (including phenoxy) is 2. The second-order valence-corrected chi connectivity index (χ2v) is 14.2. The van der Waals surface area contributed by atoms with Crippen LogP contribution in [-0.4, -0.2) is 88.0 Å². The molecule has 2 bridgehead atoms. The Kier molecular flexibility index (Phi) is 7.83. The summed E-state index contributed by atoms with van der Waals surface area (Å²) in [6.45, 7) is 7.05. The summed E-state index contributed by atoms with van der Waals surface area (Å²) in [5, 5.41) is 0.182. The van der Waals surface area contributed by atoms with Gasteiger partial charge in [0.1, 0.15) is 29.7 Å². The number of hydrogen-bond acceptors (Lipinski definition) is 8. The Morgan fingerprint density at radius 2 is 1.67 bits per heavy atom. The second kappa shape index (κ2) is 11.6. The maximum absolute atomic E-state index is 16.5. The number of amides is 1. The third-order valence-corrected chi connectivity index (χ3v) is 9.96. The molecule has 0 saturated carbocycles. The van der Waals surface area contributed by atoms with Gasteiger partial charge in [0.25, 0.3) is 0 Å². The lowest BCUT2D eigenvalue weighted by atomic mass is 9.95. The van der Waals surface area contributed by atoms with Gasteiger partial charge in [-0.3, -0.25) is 9.80 Å². The summed E-state index contributed by atoms with van der Waals surface area (Å²) in [7, 11) is 0. The number of nitrogens with zero attached hydrogens (tertiary/aromatic N) is 5. The third kappa shape index (κ3) is 5.34. The van der Waals surface area contributed by atoms with Crippen LogP contribution in [-0.2, 0) is 4.74 Å². The molecule has 0 unspecified atom stereocenters. The van der Waals surface area contributed by atoms with Crippen molar-refractivity contribution in [3.63, 3.8) is 0 Å². The molecular weight excluding hydrogens is 642 g/mol. The molecule has 258 valence electrons. The molecule has 5 heterocycles. The van der Waals surface area contributed by atoms with Gasteiger partial charge in [0, 0.05) is 42.6 Å². The summed E-state index contributed by atoms with van der Waals surface area (Å²) in [6, 6.07) is 1.75. The van der Waals surface area contributed by atoms with Crippen LogP contribution >= 0.6 is 0 Å². The smallest absolute Gasteiger partial charge is 0.410 e. The Hall–Kier alpha value is -4.01. The van der Waals surface area contributed by atoms with E-state index in [4.69, 9.17) is 15.2 Å². The van der Waals surface area contributed by atoms with Crippen LogP contribution in [0, 0.1) is 29.1 Å². The van der Waals surface area contributed by atoms with Gasteiger partial charge in [-0.25, -0.2) is 31.1 Å². The lowest BCUT2D eigenvalue weighted by Gasteiger charge is -2.42. The van der Waals surface area contributed by atoms with Gasteiger partial charge in [-0.15, -0.1) is 0 Å². The average molecular weight is 679 g/mol. The van der Waals surface area contributed by atoms with Crippen molar-refractivity contribution in [2.75, 3.05) is 43.4 Å². The molecule has 4 aliphatic rings. The van der Waals surface area contributed by atoms with Crippen LogP contribution in [0.1, 0.15) is 52.9 Å². The van der Waals surface area contributed by atoms with Crippen LogP contribution in [0.25, 0.3) is 22.0 Å². The Morgan fingerprint density at radius 1 is 0.979 bits per heavy atom. The van der Waals surface area contributed by atoms with Crippen molar-refractivity contribution >= 4 is 28.5 Å². The van der Waals surface area contributed by atoms with Gasteiger partial charge in [0.2, 0.25) is 0 Å². The molecule has 4 aliphatic heterocycles. The maximum Gasteiger partial charge on any atom is 0.410 e. The number of anilines is 2. The summed E-state index contributed by atoms with van der Waals surface area (Å²) in [5.41, 5.74) is 1.29. The molecule has 1 amide bonds. The number of nitrogens with two attached hydrogens (primary N) is 1. The van der Waals surface area contributed by atoms with Crippen molar-refractivity contribution in [3.05, 3.63) is 41.2 Å². The average Bonchev–Trinajstić information content (AvgIpc) is 3.65. The van der Waals surface area contributed by atoms with Gasteiger partial charge in [-0.2, -0.15) is 9.97 Å². The fourth-order valence-corrected chi connectivity index (χ4v) is 7.87. The minimum Gasteiger partial charge on any atom is -0.461 e. The molecule has 9 nitrogen and oxygen atoms in total. The highest BCUT2D eigenvalue weighted by Gasteiger charge is 2.50. The molecule has 1 aromatic heterocycles. The molecule has 4 saturated heterocycles. The number of aromatic nitrogens is 2. The molecule has 0 spiro atoms. The normalized spacial score (nSPS) is 25.6. The minimum atomic E-state index is -2.13. The number of hydrogen-bond donors (Lipinski definition) is 1. The predicted molar refractivity (Wildman–Crippen MR) is 165 cm³/mol. The Bertz CT molecular complexity index is 1760. The zero-order valence-corrected chi connectivity index (χ0v) is 26.8. The van der Waals surface area contributed by atoms with Crippen molar-refractivity contribution in [1.82, 2.24) is 19.8 Å². The molecule has 4 fully saturated rings. The first-order chi connectivity index (χ1) is 22.7. The first-order valence-electron chi connectivity index (χ1n) is 16.1. The maximum atomic E-state index is 16.5. The number of halogens is 6. The number of alkyl halides is 1. The first kappa shape index (κ1) is 32.5. The monoisotopic (exact) mass is 678 g/mol. The summed E-state index contributed by atoms with van der Waals surface area (Å²) in [5.74, 6) is -8.87. The van der Waals surface area contributed by atoms with E-state index in [9.17, 15) is 26.7 Å². The molecular formula is C33H36F6N6O3. The molecule has 15 heteroatoms. The number of benzene rings is 2. The number of piperazine rings is 1. The van der Waals surface area contributed by atoms with Crippen LogP contribution in [0.5, 0.6) is 6.01 Å². The van der Waals surface area contributed by atoms with E-state index in [1.165, 1.54) is 6.07 Å². The minimum absolute atomic E-state index is 0.0350. The van der Waals surface area contributed by atoms with Crippen LogP contribution < -0.4 is 15.4 Å². The zero-order valence-electron chi connectivity index (χ0n) is 26.8. The lowest BCUT2D eigenvalue weighted by Crippen LogP contribution is -2.57. The van der Waals surface area contributed by atoms with Gasteiger partial charge in [0.05, 0.1) is 23.3 Å². The zero-order chi connectivity index (χ0) is 34.3. The SMILES string of the molecule is CC(C)(C)OC(=O)N1[C@@H]2CC[C@H]1CN(c1nc(OC[C@@]34CCCN3C[C@H](F)C4)nc3c(F)c(-c4c(N)c(F)c(F)c(F)c4F)ccc13)C2. The van der Waals surface area contributed by atoms with Gasteiger partial charge >= 0.3 is 12.1 Å². The van der Waals surface area contributed by atoms with Crippen molar-refractivity contribution in [3.8, 4) is 17.1 Å². The highest BCUT2D eigenvalue weighted by atomic mass is 19.2. The standard InChI is InChI=1S/C33H36F6N6O3/c1-32(2,3)48-31(46)45-17-5-6-18(45)14-43(13-17)29-20-8-7-19(21-23(36)24(37)25(38)26(39)27(21)40)22(35)28(20)41-30(42-29)47-15-33-9-4-10-44(33)12-16(34)11-33/h7-8,16-18H,4-6,9-15,40H2,1-3H3/t16-,17-,18+,33+/m1/s1. The Balaban J connectivity index is 1.30. The van der Waals surface area contributed by atoms with E-state index in [1.54, 1.807) is 25.7 Å². The Morgan fingerprint density at radius 3 is 2.35 bits per heavy atom. The van der Waals surface area contributed by atoms with Gasteiger partial charge in [-0.05, 0) is 59.1 Å². The van der Waals surface area contributed by atoms with Gasteiger partial charge in [-0.1, -0.05) is 6.07 Å². The second-order valence-electron chi connectivity index (χ2n) is 14.2. The van der Waals surface area contributed by atoms with E-state index in [0.29, 0.717) is 38.9 Å².